The highest BCUT2D eigenvalue weighted by molar-refractivity contribution is 5.79. The predicted molar refractivity (Wildman–Crippen MR) is 93.6 cm³/mol. The van der Waals surface area contributed by atoms with E-state index in [0.29, 0.717) is 12.4 Å². The molecule has 0 spiro atoms. The fourth-order valence-electron chi connectivity index (χ4n) is 2.22. The number of benzene rings is 1. The second-order valence-corrected chi connectivity index (χ2v) is 5.15. The molecule has 0 saturated heterocycles. The Balaban J connectivity index is 2.04. The van der Waals surface area contributed by atoms with Crippen LogP contribution < -0.4 is 15.4 Å². The minimum absolute atomic E-state index is 0.514. The Morgan fingerprint density at radius 3 is 2.65 bits per heavy atom. The molecule has 122 valence electrons. The van der Waals surface area contributed by atoms with E-state index < -0.39 is 0 Å². The first-order valence-electron chi connectivity index (χ1n) is 7.79. The maximum Gasteiger partial charge on any atom is 0.218 e. The third kappa shape index (κ3) is 4.98. The lowest BCUT2D eigenvalue weighted by molar-refractivity contribution is 0.392. The van der Waals surface area contributed by atoms with E-state index in [-0.39, 0.29) is 0 Å². The standard InChI is InChI=1S/C18H24N4O/c1-4-19-18(21-12-15-9-6-5-8-14(15)2)22-13-16-10-7-11-20-17(16)23-3/h5-11H,4,12-13H2,1-3H3,(H2,19,21,22). The van der Waals surface area contributed by atoms with E-state index in [2.05, 4.69) is 52.7 Å². The maximum atomic E-state index is 5.26. The molecule has 0 aliphatic rings. The van der Waals surface area contributed by atoms with E-state index >= 15 is 0 Å². The molecule has 0 aliphatic heterocycles. The van der Waals surface area contributed by atoms with Gasteiger partial charge in [0.15, 0.2) is 5.96 Å². The number of hydrogen-bond acceptors (Lipinski definition) is 3. The van der Waals surface area contributed by atoms with Crippen LogP contribution in [0, 0.1) is 6.92 Å². The number of methoxy groups -OCH3 is 1. The average Bonchev–Trinajstić information content (AvgIpc) is 2.59. The first kappa shape index (κ1) is 16.8. The van der Waals surface area contributed by atoms with Gasteiger partial charge < -0.3 is 15.4 Å². The van der Waals surface area contributed by atoms with Crippen LogP contribution in [0.15, 0.2) is 47.6 Å². The summed E-state index contributed by atoms with van der Waals surface area (Å²) in [6.07, 6.45) is 1.72. The van der Waals surface area contributed by atoms with Gasteiger partial charge in [-0.15, -0.1) is 0 Å². The SMILES string of the molecule is CCNC(=NCc1cccnc1OC)NCc1ccccc1C. The number of pyridine rings is 1. The summed E-state index contributed by atoms with van der Waals surface area (Å²) in [4.78, 5) is 8.81. The number of aromatic nitrogens is 1. The van der Waals surface area contributed by atoms with Crippen molar-refractivity contribution in [2.75, 3.05) is 13.7 Å². The third-order valence-corrected chi connectivity index (χ3v) is 3.50. The van der Waals surface area contributed by atoms with Gasteiger partial charge in [0.05, 0.1) is 13.7 Å². The second kappa shape index (κ2) is 8.78. The first-order valence-corrected chi connectivity index (χ1v) is 7.79. The number of aryl methyl sites for hydroxylation is 1. The van der Waals surface area contributed by atoms with E-state index in [4.69, 9.17) is 4.74 Å². The van der Waals surface area contributed by atoms with E-state index in [0.717, 1.165) is 24.6 Å². The highest BCUT2D eigenvalue weighted by Crippen LogP contribution is 2.14. The molecule has 1 aromatic heterocycles. The van der Waals surface area contributed by atoms with Crippen molar-refractivity contribution in [3.63, 3.8) is 0 Å². The number of rotatable bonds is 6. The predicted octanol–water partition coefficient (Wildman–Crippen LogP) is 2.65. The lowest BCUT2D eigenvalue weighted by Crippen LogP contribution is -2.36. The molecular weight excluding hydrogens is 288 g/mol. The molecule has 0 atom stereocenters. The van der Waals surface area contributed by atoms with Gasteiger partial charge in [-0.3, -0.25) is 0 Å². The minimum Gasteiger partial charge on any atom is -0.481 e. The molecule has 0 saturated carbocycles. The van der Waals surface area contributed by atoms with E-state index in [9.17, 15) is 0 Å². The van der Waals surface area contributed by atoms with Gasteiger partial charge in [0, 0.05) is 24.8 Å². The summed E-state index contributed by atoms with van der Waals surface area (Å²) in [6.45, 7) is 6.23. The lowest BCUT2D eigenvalue weighted by atomic mass is 10.1. The number of aliphatic imine (C=N–C) groups is 1. The van der Waals surface area contributed by atoms with Crippen LogP contribution in [0.1, 0.15) is 23.6 Å². The zero-order valence-corrected chi connectivity index (χ0v) is 14.0. The van der Waals surface area contributed by atoms with Crippen molar-refractivity contribution >= 4 is 5.96 Å². The molecule has 1 aromatic carbocycles. The van der Waals surface area contributed by atoms with Gasteiger partial charge in [0.2, 0.25) is 5.88 Å². The molecule has 2 N–H and O–H groups in total. The molecule has 0 unspecified atom stereocenters. The smallest absolute Gasteiger partial charge is 0.218 e. The summed E-state index contributed by atoms with van der Waals surface area (Å²) < 4.78 is 5.26. The zero-order valence-electron chi connectivity index (χ0n) is 14.0. The molecule has 0 aliphatic carbocycles. The quantitative estimate of drug-likeness (QED) is 0.636. The monoisotopic (exact) mass is 312 g/mol. The van der Waals surface area contributed by atoms with Crippen LogP contribution in [-0.2, 0) is 13.1 Å². The van der Waals surface area contributed by atoms with Crippen molar-refractivity contribution in [2.45, 2.75) is 26.9 Å². The van der Waals surface area contributed by atoms with E-state index in [1.54, 1.807) is 13.3 Å². The largest absolute Gasteiger partial charge is 0.481 e. The van der Waals surface area contributed by atoms with Gasteiger partial charge >= 0.3 is 0 Å². The molecule has 2 aromatic rings. The third-order valence-electron chi connectivity index (χ3n) is 3.50. The van der Waals surface area contributed by atoms with Gasteiger partial charge in [0.1, 0.15) is 0 Å². The Hall–Kier alpha value is -2.56. The molecule has 1 heterocycles. The van der Waals surface area contributed by atoms with Crippen molar-refractivity contribution < 1.29 is 4.74 Å². The Labute approximate surface area is 137 Å². The summed E-state index contributed by atoms with van der Waals surface area (Å²) in [6, 6.07) is 12.2. The number of nitrogens with one attached hydrogen (secondary N) is 2. The van der Waals surface area contributed by atoms with Crippen LogP contribution in [0.25, 0.3) is 0 Å². The van der Waals surface area contributed by atoms with Gasteiger partial charge in [-0.05, 0) is 31.0 Å². The fraction of sp³-hybridized carbons (Fsp3) is 0.333. The van der Waals surface area contributed by atoms with Gasteiger partial charge in [-0.2, -0.15) is 0 Å². The van der Waals surface area contributed by atoms with Crippen LogP contribution in [0.3, 0.4) is 0 Å². The maximum absolute atomic E-state index is 5.26. The lowest BCUT2D eigenvalue weighted by Gasteiger charge is -2.13. The van der Waals surface area contributed by atoms with Crippen molar-refractivity contribution in [1.82, 2.24) is 15.6 Å². The Kier molecular flexibility index (Phi) is 6.41. The second-order valence-electron chi connectivity index (χ2n) is 5.15. The Morgan fingerprint density at radius 1 is 1.13 bits per heavy atom. The molecule has 23 heavy (non-hydrogen) atoms. The molecule has 5 nitrogen and oxygen atoms in total. The highest BCUT2D eigenvalue weighted by Gasteiger charge is 2.04. The zero-order chi connectivity index (χ0) is 16.5. The van der Waals surface area contributed by atoms with Crippen LogP contribution in [0.4, 0.5) is 0 Å². The molecule has 0 fully saturated rings. The number of ether oxygens (including phenoxy) is 1. The molecule has 5 heteroatoms. The van der Waals surface area contributed by atoms with Gasteiger partial charge in [-0.1, -0.05) is 30.3 Å². The Morgan fingerprint density at radius 2 is 1.91 bits per heavy atom. The van der Waals surface area contributed by atoms with Gasteiger partial charge in [0.25, 0.3) is 0 Å². The highest BCUT2D eigenvalue weighted by atomic mass is 16.5. The molecule has 0 amide bonds. The van der Waals surface area contributed by atoms with Crippen molar-refractivity contribution in [1.29, 1.82) is 0 Å². The number of hydrogen-bond donors (Lipinski definition) is 2. The molecular formula is C18H24N4O. The summed E-state index contributed by atoms with van der Waals surface area (Å²) >= 11 is 0. The topological polar surface area (TPSA) is 58.5 Å². The van der Waals surface area contributed by atoms with E-state index in [1.807, 2.05) is 18.2 Å². The van der Waals surface area contributed by atoms with Crippen LogP contribution in [-0.4, -0.2) is 24.6 Å². The molecule has 0 bridgehead atoms. The molecule has 2 rings (SSSR count). The summed E-state index contributed by atoms with van der Waals surface area (Å²) in [5.41, 5.74) is 3.49. The Bertz CT molecular complexity index is 655. The van der Waals surface area contributed by atoms with Crippen molar-refractivity contribution in [3.8, 4) is 5.88 Å². The number of nitrogens with zero attached hydrogens (tertiary/aromatic N) is 2. The average molecular weight is 312 g/mol. The normalized spacial score (nSPS) is 11.2. The van der Waals surface area contributed by atoms with Crippen molar-refractivity contribution in [2.24, 2.45) is 4.99 Å². The van der Waals surface area contributed by atoms with E-state index in [1.165, 1.54) is 11.1 Å². The fourth-order valence-corrected chi connectivity index (χ4v) is 2.22. The number of guanidine groups is 1. The summed E-state index contributed by atoms with van der Waals surface area (Å²) in [5, 5.41) is 6.62. The summed E-state index contributed by atoms with van der Waals surface area (Å²) in [7, 11) is 1.62. The summed E-state index contributed by atoms with van der Waals surface area (Å²) in [5.74, 6) is 1.40. The van der Waals surface area contributed by atoms with Gasteiger partial charge in [-0.25, -0.2) is 9.98 Å². The van der Waals surface area contributed by atoms with Crippen LogP contribution in [0.5, 0.6) is 5.88 Å². The van der Waals surface area contributed by atoms with Crippen LogP contribution in [0.2, 0.25) is 0 Å². The van der Waals surface area contributed by atoms with Crippen molar-refractivity contribution in [3.05, 3.63) is 59.3 Å². The minimum atomic E-state index is 0.514. The molecule has 0 radical (unpaired) electrons. The first-order chi connectivity index (χ1) is 11.2. The van der Waals surface area contributed by atoms with Crippen LogP contribution >= 0.6 is 0 Å².